The number of thioether (sulfide) groups is 1. The molecular weight excluding hydrogens is 420 g/mol. The topological polar surface area (TPSA) is 65.3 Å². The Balaban J connectivity index is 1.47. The molecule has 0 N–H and O–H groups in total. The molecule has 2 amide bonds. The van der Waals surface area contributed by atoms with Gasteiger partial charge in [0.15, 0.2) is 5.17 Å². The third kappa shape index (κ3) is 3.35. The molecule has 3 aliphatic rings. The van der Waals surface area contributed by atoms with Crippen molar-refractivity contribution < 1.29 is 9.59 Å². The zero-order valence-electron chi connectivity index (χ0n) is 18.5. The molecule has 164 valence electrons. The fourth-order valence-electron chi connectivity index (χ4n) is 4.46. The smallest absolute Gasteiger partial charge is 0.259 e. The molecule has 0 aromatic heterocycles. The van der Waals surface area contributed by atoms with E-state index >= 15 is 0 Å². The standard InChI is InChI=1S/C25H26N4O2S/c1-4-20(23(30)28-14-13-16-9-5-8-12-19(16)28)32-25-26-18-11-7-6-10-17(18)22-27-21(15(2)3)24(31)29(22)25/h5-12,15,20-21H,4,13-14H2,1-3H3/t20-,21+/m0/s1. The maximum Gasteiger partial charge on any atom is 0.259 e. The summed E-state index contributed by atoms with van der Waals surface area (Å²) in [5, 5.41) is 0.209. The van der Waals surface area contributed by atoms with E-state index in [2.05, 4.69) is 6.07 Å². The van der Waals surface area contributed by atoms with E-state index in [1.165, 1.54) is 17.3 Å². The van der Waals surface area contributed by atoms with Gasteiger partial charge >= 0.3 is 0 Å². The Hall–Kier alpha value is -2.93. The summed E-state index contributed by atoms with van der Waals surface area (Å²) in [5.41, 5.74) is 3.85. The first-order chi connectivity index (χ1) is 15.5. The number of para-hydroxylation sites is 2. The van der Waals surface area contributed by atoms with Crippen molar-refractivity contribution in [2.75, 3.05) is 11.4 Å². The fraction of sp³-hybridized carbons (Fsp3) is 0.360. The molecule has 0 saturated heterocycles. The monoisotopic (exact) mass is 446 g/mol. The SMILES string of the molecule is CC[C@H](SC1=Nc2ccccc2C2=N[C@H](C(C)C)C(=O)N12)C(=O)N1CCc2ccccc21. The Bertz CT molecular complexity index is 1160. The molecule has 7 heteroatoms. The molecule has 32 heavy (non-hydrogen) atoms. The molecule has 2 atom stereocenters. The summed E-state index contributed by atoms with van der Waals surface area (Å²) < 4.78 is 0. The average molecular weight is 447 g/mol. The minimum absolute atomic E-state index is 0.0644. The molecule has 0 bridgehead atoms. The van der Waals surface area contributed by atoms with Crippen LogP contribution in [0.3, 0.4) is 0 Å². The van der Waals surface area contributed by atoms with Crippen molar-refractivity contribution in [3.63, 3.8) is 0 Å². The minimum Gasteiger partial charge on any atom is -0.311 e. The lowest BCUT2D eigenvalue weighted by Crippen LogP contribution is -2.44. The lowest BCUT2D eigenvalue weighted by molar-refractivity contribution is -0.125. The van der Waals surface area contributed by atoms with Gasteiger partial charge in [-0.1, -0.05) is 62.9 Å². The molecule has 0 saturated carbocycles. The third-order valence-electron chi connectivity index (χ3n) is 6.18. The summed E-state index contributed by atoms with van der Waals surface area (Å²) in [4.78, 5) is 39.9. The summed E-state index contributed by atoms with van der Waals surface area (Å²) >= 11 is 1.38. The van der Waals surface area contributed by atoms with Crippen LogP contribution in [0.1, 0.15) is 38.3 Å². The van der Waals surface area contributed by atoms with E-state index in [-0.39, 0.29) is 23.0 Å². The van der Waals surface area contributed by atoms with E-state index in [4.69, 9.17) is 9.98 Å². The normalized spacial score (nSPS) is 20.0. The Labute approximate surface area is 192 Å². The summed E-state index contributed by atoms with van der Waals surface area (Å²) in [7, 11) is 0. The van der Waals surface area contributed by atoms with Gasteiger partial charge in [0.1, 0.15) is 11.9 Å². The number of anilines is 1. The van der Waals surface area contributed by atoms with Gasteiger partial charge in [-0.05, 0) is 42.5 Å². The maximum absolute atomic E-state index is 13.5. The van der Waals surface area contributed by atoms with Crippen LogP contribution in [-0.2, 0) is 16.0 Å². The molecule has 6 nitrogen and oxygen atoms in total. The molecule has 3 aliphatic heterocycles. The summed E-state index contributed by atoms with van der Waals surface area (Å²) in [6, 6.07) is 15.4. The van der Waals surface area contributed by atoms with Crippen LogP contribution < -0.4 is 4.90 Å². The molecule has 0 aliphatic carbocycles. The molecule has 0 unspecified atom stereocenters. The van der Waals surface area contributed by atoms with E-state index in [0.29, 0.717) is 24.0 Å². The number of carbonyl (C=O) groups is 2. The van der Waals surface area contributed by atoms with Gasteiger partial charge < -0.3 is 4.90 Å². The molecule has 2 aromatic rings. The Morgan fingerprint density at radius 1 is 1.16 bits per heavy atom. The molecule has 3 heterocycles. The minimum atomic E-state index is -0.428. The van der Waals surface area contributed by atoms with Gasteiger partial charge in [0, 0.05) is 17.8 Å². The van der Waals surface area contributed by atoms with Gasteiger partial charge in [0.05, 0.1) is 10.9 Å². The number of hydrogen-bond acceptors (Lipinski definition) is 5. The van der Waals surface area contributed by atoms with Crippen molar-refractivity contribution in [1.29, 1.82) is 0 Å². The number of fused-ring (bicyclic) bond motifs is 4. The van der Waals surface area contributed by atoms with E-state index < -0.39 is 6.04 Å². The van der Waals surface area contributed by atoms with Crippen LogP contribution in [0.15, 0.2) is 58.5 Å². The van der Waals surface area contributed by atoms with Crippen molar-refractivity contribution in [3.8, 4) is 0 Å². The molecule has 5 rings (SSSR count). The first kappa shape index (κ1) is 20.9. The molecule has 0 radical (unpaired) electrons. The van der Waals surface area contributed by atoms with Gasteiger partial charge in [0.2, 0.25) is 5.91 Å². The number of aliphatic imine (C=N–C) groups is 2. The average Bonchev–Trinajstić information content (AvgIpc) is 3.39. The Kier molecular flexibility index (Phi) is 5.37. The number of carbonyl (C=O) groups excluding carboxylic acids is 2. The Morgan fingerprint density at radius 3 is 2.69 bits per heavy atom. The van der Waals surface area contributed by atoms with E-state index in [0.717, 1.165) is 23.4 Å². The Morgan fingerprint density at radius 2 is 1.91 bits per heavy atom. The quantitative estimate of drug-likeness (QED) is 0.699. The van der Waals surface area contributed by atoms with Crippen LogP contribution in [0.4, 0.5) is 11.4 Å². The second-order valence-electron chi connectivity index (χ2n) is 8.61. The highest BCUT2D eigenvalue weighted by Crippen LogP contribution is 2.37. The highest BCUT2D eigenvalue weighted by atomic mass is 32.2. The number of nitrogens with zero attached hydrogens (tertiary/aromatic N) is 4. The van der Waals surface area contributed by atoms with Gasteiger partial charge in [-0.25, -0.2) is 9.89 Å². The van der Waals surface area contributed by atoms with Gasteiger partial charge in [-0.2, -0.15) is 0 Å². The van der Waals surface area contributed by atoms with Crippen molar-refractivity contribution in [2.24, 2.45) is 15.9 Å². The largest absolute Gasteiger partial charge is 0.311 e. The lowest BCUT2D eigenvalue weighted by Gasteiger charge is -2.29. The number of hydrogen-bond donors (Lipinski definition) is 0. The van der Waals surface area contributed by atoms with Gasteiger partial charge in [-0.3, -0.25) is 14.6 Å². The van der Waals surface area contributed by atoms with Gasteiger partial charge in [-0.15, -0.1) is 0 Å². The highest BCUT2D eigenvalue weighted by molar-refractivity contribution is 8.15. The second-order valence-corrected chi connectivity index (χ2v) is 9.78. The molecule has 0 spiro atoms. The predicted molar refractivity (Wildman–Crippen MR) is 130 cm³/mol. The van der Waals surface area contributed by atoms with E-state index in [9.17, 15) is 9.59 Å². The number of benzene rings is 2. The van der Waals surface area contributed by atoms with Crippen molar-refractivity contribution in [1.82, 2.24) is 4.90 Å². The maximum atomic E-state index is 13.5. The van der Waals surface area contributed by atoms with Crippen molar-refractivity contribution in [2.45, 2.75) is 44.9 Å². The first-order valence-electron chi connectivity index (χ1n) is 11.2. The number of amidine groups is 2. The highest BCUT2D eigenvalue weighted by Gasteiger charge is 2.43. The second kappa shape index (κ2) is 8.20. The molecule has 2 aromatic carbocycles. The first-order valence-corrected chi connectivity index (χ1v) is 12.0. The van der Waals surface area contributed by atoms with Crippen LogP contribution in [0.2, 0.25) is 0 Å². The summed E-state index contributed by atoms with van der Waals surface area (Å²) in [6.07, 6.45) is 1.51. The summed E-state index contributed by atoms with van der Waals surface area (Å²) in [5.74, 6) is 0.735. The zero-order chi connectivity index (χ0) is 22.4. The fourth-order valence-corrected chi connectivity index (χ4v) is 5.54. The van der Waals surface area contributed by atoms with Crippen molar-refractivity contribution >= 4 is 46.0 Å². The third-order valence-corrected chi connectivity index (χ3v) is 7.48. The van der Waals surface area contributed by atoms with Crippen LogP contribution in [0, 0.1) is 5.92 Å². The molecular formula is C25H26N4O2S. The number of rotatable bonds is 4. The van der Waals surface area contributed by atoms with E-state index in [1.807, 2.05) is 68.1 Å². The predicted octanol–water partition coefficient (Wildman–Crippen LogP) is 4.40. The lowest BCUT2D eigenvalue weighted by atomic mass is 10.1. The van der Waals surface area contributed by atoms with Gasteiger partial charge in [0.25, 0.3) is 5.91 Å². The van der Waals surface area contributed by atoms with Crippen LogP contribution in [-0.4, -0.2) is 45.6 Å². The number of amides is 2. The van der Waals surface area contributed by atoms with Crippen LogP contribution in [0.25, 0.3) is 0 Å². The molecule has 0 fully saturated rings. The van der Waals surface area contributed by atoms with Crippen LogP contribution in [0.5, 0.6) is 0 Å². The zero-order valence-corrected chi connectivity index (χ0v) is 19.3. The van der Waals surface area contributed by atoms with Crippen molar-refractivity contribution in [3.05, 3.63) is 59.7 Å². The van der Waals surface area contributed by atoms with E-state index in [1.54, 1.807) is 4.90 Å². The summed E-state index contributed by atoms with van der Waals surface area (Å²) in [6.45, 7) is 6.70. The van der Waals surface area contributed by atoms with Crippen LogP contribution >= 0.6 is 11.8 Å².